The van der Waals surface area contributed by atoms with Crippen LogP contribution in [-0.4, -0.2) is 41.3 Å². The number of ether oxygens (including phenoxy) is 1. The van der Waals surface area contributed by atoms with Crippen molar-refractivity contribution in [2.45, 2.75) is 18.8 Å². The second-order valence-electron chi connectivity index (χ2n) is 5.51. The fraction of sp³-hybridized carbons (Fsp3) is 0.353. The Labute approximate surface area is 138 Å². The van der Waals surface area contributed by atoms with E-state index in [2.05, 4.69) is 4.98 Å². The average Bonchev–Trinajstić information content (AvgIpc) is 2.53. The Morgan fingerprint density at radius 1 is 1.17 bits per heavy atom. The van der Waals surface area contributed by atoms with Crippen molar-refractivity contribution < 1.29 is 23.0 Å². The van der Waals surface area contributed by atoms with E-state index >= 15 is 0 Å². The number of para-hydroxylation sites is 1. The van der Waals surface area contributed by atoms with Gasteiger partial charge in [0.15, 0.2) is 0 Å². The summed E-state index contributed by atoms with van der Waals surface area (Å²) in [6.45, 7) is 0.656. The molecule has 1 aromatic heterocycles. The summed E-state index contributed by atoms with van der Waals surface area (Å²) in [5.74, 6) is -0.277. The van der Waals surface area contributed by atoms with Gasteiger partial charge in [-0.15, -0.1) is 0 Å². The number of halogens is 3. The van der Waals surface area contributed by atoms with Gasteiger partial charge in [0.2, 0.25) is 0 Å². The molecule has 0 saturated carbocycles. The van der Waals surface area contributed by atoms with Crippen molar-refractivity contribution in [1.82, 2.24) is 9.88 Å². The SMILES string of the molecule is CN(Cc1ccncc1)CC(O)COc1ccccc1C(F)(F)F. The number of aliphatic hydroxyl groups is 1. The Bertz CT molecular complexity index is 635. The summed E-state index contributed by atoms with van der Waals surface area (Å²) in [4.78, 5) is 5.79. The standard InChI is InChI=1S/C17H19F3N2O2/c1-22(10-13-6-8-21-9-7-13)11-14(23)12-24-16-5-3-2-4-15(16)17(18,19)20/h2-9,14,23H,10-12H2,1H3. The Morgan fingerprint density at radius 2 is 1.83 bits per heavy atom. The van der Waals surface area contributed by atoms with E-state index in [9.17, 15) is 18.3 Å². The lowest BCUT2D eigenvalue weighted by molar-refractivity contribution is -0.139. The molecule has 1 N–H and O–H groups in total. The summed E-state index contributed by atoms with van der Waals surface area (Å²) in [7, 11) is 1.81. The van der Waals surface area contributed by atoms with Crippen molar-refractivity contribution in [1.29, 1.82) is 0 Å². The quantitative estimate of drug-likeness (QED) is 0.842. The molecule has 1 unspecified atom stereocenters. The Kier molecular flexibility index (Phi) is 6.16. The predicted molar refractivity (Wildman–Crippen MR) is 83.5 cm³/mol. The molecule has 1 atom stereocenters. The monoisotopic (exact) mass is 340 g/mol. The zero-order valence-electron chi connectivity index (χ0n) is 13.2. The number of likely N-dealkylation sites (N-methyl/N-ethyl adjacent to an activating group) is 1. The van der Waals surface area contributed by atoms with Gasteiger partial charge in [0.05, 0.1) is 5.56 Å². The van der Waals surface area contributed by atoms with E-state index in [1.165, 1.54) is 18.2 Å². The Morgan fingerprint density at radius 3 is 2.50 bits per heavy atom. The lowest BCUT2D eigenvalue weighted by atomic mass is 10.2. The highest BCUT2D eigenvalue weighted by molar-refractivity contribution is 5.35. The molecule has 0 aliphatic carbocycles. The summed E-state index contributed by atoms with van der Waals surface area (Å²) >= 11 is 0. The van der Waals surface area contributed by atoms with Crippen molar-refractivity contribution in [2.24, 2.45) is 0 Å². The molecule has 0 saturated heterocycles. The first-order chi connectivity index (χ1) is 11.4. The van der Waals surface area contributed by atoms with E-state index in [4.69, 9.17) is 4.74 Å². The van der Waals surface area contributed by atoms with Crippen LogP contribution < -0.4 is 4.74 Å². The maximum Gasteiger partial charge on any atom is 0.419 e. The first-order valence-corrected chi connectivity index (χ1v) is 7.41. The molecule has 4 nitrogen and oxygen atoms in total. The van der Waals surface area contributed by atoms with Gasteiger partial charge in [-0.25, -0.2) is 0 Å². The maximum atomic E-state index is 12.9. The van der Waals surface area contributed by atoms with Crippen LogP contribution in [0.1, 0.15) is 11.1 Å². The van der Waals surface area contributed by atoms with Crippen LogP contribution in [0.25, 0.3) is 0 Å². The number of hydrogen-bond acceptors (Lipinski definition) is 4. The van der Waals surface area contributed by atoms with Crippen LogP contribution in [0, 0.1) is 0 Å². The molecule has 0 aliphatic heterocycles. The fourth-order valence-electron chi connectivity index (χ4n) is 2.29. The van der Waals surface area contributed by atoms with Gasteiger partial charge in [0.25, 0.3) is 0 Å². The largest absolute Gasteiger partial charge is 0.490 e. The molecular formula is C17H19F3N2O2. The number of nitrogens with zero attached hydrogens (tertiary/aromatic N) is 2. The zero-order valence-corrected chi connectivity index (χ0v) is 13.2. The van der Waals surface area contributed by atoms with Gasteiger partial charge in [-0.05, 0) is 36.9 Å². The fourth-order valence-corrected chi connectivity index (χ4v) is 2.29. The lowest BCUT2D eigenvalue weighted by Crippen LogP contribution is -2.33. The van der Waals surface area contributed by atoms with Gasteiger partial charge in [0, 0.05) is 25.5 Å². The summed E-state index contributed by atoms with van der Waals surface area (Å²) in [6.07, 6.45) is -2.04. The van der Waals surface area contributed by atoms with Gasteiger partial charge >= 0.3 is 6.18 Å². The molecule has 1 aromatic carbocycles. The van der Waals surface area contributed by atoms with Crippen molar-refractivity contribution in [3.05, 3.63) is 59.9 Å². The molecule has 0 bridgehead atoms. The minimum atomic E-state index is -4.49. The predicted octanol–water partition coefficient (Wildman–Crippen LogP) is 2.97. The minimum absolute atomic E-state index is 0.215. The summed E-state index contributed by atoms with van der Waals surface area (Å²) in [5, 5.41) is 9.99. The van der Waals surface area contributed by atoms with Gasteiger partial charge < -0.3 is 9.84 Å². The highest BCUT2D eigenvalue weighted by Crippen LogP contribution is 2.35. The van der Waals surface area contributed by atoms with Crippen LogP contribution in [0.3, 0.4) is 0 Å². The molecular weight excluding hydrogens is 321 g/mol. The van der Waals surface area contributed by atoms with E-state index in [1.54, 1.807) is 12.4 Å². The molecule has 0 aliphatic rings. The molecule has 130 valence electrons. The molecule has 0 spiro atoms. The molecule has 0 fully saturated rings. The van der Waals surface area contributed by atoms with Crippen molar-refractivity contribution >= 4 is 0 Å². The third kappa shape index (κ3) is 5.50. The van der Waals surface area contributed by atoms with Crippen molar-refractivity contribution in [3.63, 3.8) is 0 Å². The molecule has 7 heteroatoms. The van der Waals surface area contributed by atoms with E-state index < -0.39 is 17.8 Å². The second-order valence-corrected chi connectivity index (χ2v) is 5.51. The van der Waals surface area contributed by atoms with Crippen LogP contribution >= 0.6 is 0 Å². The third-order valence-corrected chi connectivity index (χ3v) is 3.35. The smallest absolute Gasteiger partial charge is 0.419 e. The average molecular weight is 340 g/mol. The Hall–Kier alpha value is -2.12. The second kappa shape index (κ2) is 8.12. The topological polar surface area (TPSA) is 45.6 Å². The number of pyridine rings is 1. The molecule has 1 heterocycles. The van der Waals surface area contributed by atoms with Crippen LogP contribution in [0.5, 0.6) is 5.75 Å². The van der Waals surface area contributed by atoms with Gasteiger partial charge in [-0.3, -0.25) is 9.88 Å². The highest BCUT2D eigenvalue weighted by atomic mass is 19.4. The molecule has 2 rings (SSSR count). The summed E-state index contributed by atoms with van der Waals surface area (Å²) < 4.78 is 43.8. The van der Waals surface area contributed by atoms with Crippen LogP contribution in [0.4, 0.5) is 13.2 Å². The highest BCUT2D eigenvalue weighted by Gasteiger charge is 2.34. The number of aliphatic hydroxyl groups excluding tert-OH is 1. The van der Waals surface area contributed by atoms with Gasteiger partial charge in [-0.2, -0.15) is 13.2 Å². The van der Waals surface area contributed by atoms with E-state index in [0.717, 1.165) is 11.6 Å². The van der Waals surface area contributed by atoms with E-state index in [-0.39, 0.29) is 18.9 Å². The first-order valence-electron chi connectivity index (χ1n) is 7.41. The molecule has 2 aromatic rings. The third-order valence-electron chi connectivity index (χ3n) is 3.35. The molecule has 24 heavy (non-hydrogen) atoms. The number of benzene rings is 1. The maximum absolute atomic E-state index is 12.9. The minimum Gasteiger partial charge on any atom is -0.490 e. The van der Waals surface area contributed by atoms with E-state index in [1.807, 2.05) is 24.1 Å². The lowest BCUT2D eigenvalue weighted by Gasteiger charge is -2.21. The number of hydrogen-bond donors (Lipinski definition) is 1. The normalized spacial score (nSPS) is 13.1. The number of aromatic nitrogens is 1. The van der Waals surface area contributed by atoms with Gasteiger partial charge in [-0.1, -0.05) is 12.1 Å². The Balaban J connectivity index is 1.86. The molecule has 0 amide bonds. The van der Waals surface area contributed by atoms with Crippen molar-refractivity contribution in [3.8, 4) is 5.75 Å². The van der Waals surface area contributed by atoms with Crippen LogP contribution in [0.15, 0.2) is 48.8 Å². The van der Waals surface area contributed by atoms with Crippen LogP contribution in [-0.2, 0) is 12.7 Å². The molecule has 0 radical (unpaired) electrons. The summed E-state index contributed by atoms with van der Waals surface area (Å²) in [6, 6.07) is 8.69. The zero-order chi connectivity index (χ0) is 17.6. The number of alkyl halides is 3. The summed E-state index contributed by atoms with van der Waals surface area (Å²) in [5.41, 5.74) is 0.186. The van der Waals surface area contributed by atoms with Gasteiger partial charge in [0.1, 0.15) is 18.5 Å². The van der Waals surface area contributed by atoms with Crippen molar-refractivity contribution in [2.75, 3.05) is 20.2 Å². The van der Waals surface area contributed by atoms with E-state index in [0.29, 0.717) is 6.54 Å². The van der Waals surface area contributed by atoms with Crippen LogP contribution in [0.2, 0.25) is 0 Å². The number of rotatable bonds is 7. The first kappa shape index (κ1) is 18.2.